The Labute approximate surface area is 114 Å². The van der Waals surface area contributed by atoms with Crippen molar-refractivity contribution in [2.75, 3.05) is 18.5 Å². The van der Waals surface area contributed by atoms with Crippen LogP contribution in [0.15, 0.2) is 36.7 Å². The molecular weight excluding hydrogens is 258 g/mol. The van der Waals surface area contributed by atoms with Gasteiger partial charge in [-0.1, -0.05) is 12.1 Å². The van der Waals surface area contributed by atoms with Crippen molar-refractivity contribution in [2.24, 2.45) is 0 Å². The summed E-state index contributed by atoms with van der Waals surface area (Å²) in [6, 6.07) is 9.45. The summed E-state index contributed by atoms with van der Waals surface area (Å²) in [5.74, 6) is 1.66. The molecule has 0 aliphatic heterocycles. The minimum atomic E-state index is -0.0588. The highest BCUT2D eigenvalue weighted by atomic mass is 16.5. The number of nitrogens with one attached hydrogen (secondary N) is 2. The molecule has 3 N–H and O–H groups in total. The molecule has 0 spiro atoms. The minimum Gasteiger partial charge on any atom is -0.475 e. The van der Waals surface area contributed by atoms with Gasteiger partial charge in [-0.3, -0.25) is 5.10 Å². The van der Waals surface area contributed by atoms with Gasteiger partial charge in [-0.2, -0.15) is 5.10 Å². The summed E-state index contributed by atoms with van der Waals surface area (Å²) in [4.78, 5) is 8.07. The molecule has 102 valence electrons. The number of benzene rings is 1. The molecule has 0 aliphatic carbocycles. The van der Waals surface area contributed by atoms with E-state index in [1.54, 1.807) is 6.07 Å². The number of hydrogen-bond acceptors (Lipinski definition) is 6. The first-order valence-electron chi connectivity index (χ1n) is 6.12. The predicted molar refractivity (Wildman–Crippen MR) is 74.0 cm³/mol. The highest BCUT2D eigenvalue weighted by molar-refractivity contribution is 5.90. The highest BCUT2D eigenvalue weighted by Crippen LogP contribution is 2.23. The molecule has 0 aliphatic rings. The summed E-state index contributed by atoms with van der Waals surface area (Å²) in [6.45, 7) is 0.137. The van der Waals surface area contributed by atoms with Gasteiger partial charge in [0.15, 0.2) is 5.82 Å². The molecule has 2 heterocycles. The zero-order valence-electron chi connectivity index (χ0n) is 10.6. The molecule has 0 saturated carbocycles. The lowest BCUT2D eigenvalue weighted by atomic mass is 10.2. The predicted octanol–water partition coefficient (Wildman–Crippen LogP) is 1.47. The number of fused-ring (bicyclic) bond motifs is 1. The average molecular weight is 271 g/mol. The lowest BCUT2D eigenvalue weighted by Crippen LogP contribution is -2.04. The van der Waals surface area contributed by atoms with E-state index in [1.807, 2.05) is 24.3 Å². The zero-order chi connectivity index (χ0) is 13.8. The standard InChI is InChI=1S/C13H13N5O2/c19-5-6-20-12-7-11(14-8-15-12)16-13-9-3-1-2-4-10(9)17-18-13/h1-4,7-8,19H,5-6H2,(H2,14,15,16,17,18). The number of ether oxygens (including phenoxy) is 1. The molecule has 1 aromatic carbocycles. The third kappa shape index (κ3) is 2.52. The summed E-state index contributed by atoms with van der Waals surface area (Å²) < 4.78 is 5.23. The summed E-state index contributed by atoms with van der Waals surface area (Å²) in [5, 5.41) is 20.0. The number of anilines is 2. The quantitative estimate of drug-likeness (QED) is 0.650. The highest BCUT2D eigenvalue weighted by Gasteiger charge is 2.06. The Hall–Kier alpha value is -2.67. The van der Waals surface area contributed by atoms with Crippen molar-refractivity contribution in [2.45, 2.75) is 0 Å². The topological polar surface area (TPSA) is 96.0 Å². The van der Waals surface area contributed by atoms with Crippen LogP contribution in [0.4, 0.5) is 11.6 Å². The van der Waals surface area contributed by atoms with Crippen LogP contribution in [0, 0.1) is 0 Å². The molecule has 20 heavy (non-hydrogen) atoms. The first kappa shape index (κ1) is 12.4. The van der Waals surface area contributed by atoms with Crippen LogP contribution in [0.5, 0.6) is 5.88 Å². The van der Waals surface area contributed by atoms with E-state index in [0.29, 0.717) is 17.5 Å². The van der Waals surface area contributed by atoms with Gasteiger partial charge in [0.2, 0.25) is 5.88 Å². The number of rotatable bonds is 5. The fourth-order valence-corrected chi connectivity index (χ4v) is 1.82. The Morgan fingerprint density at radius 3 is 3.05 bits per heavy atom. The fourth-order valence-electron chi connectivity index (χ4n) is 1.82. The lowest BCUT2D eigenvalue weighted by molar-refractivity contribution is 0.196. The van der Waals surface area contributed by atoms with Crippen LogP contribution < -0.4 is 10.1 Å². The molecule has 0 saturated heterocycles. The molecule has 3 aromatic rings. The molecule has 7 nitrogen and oxygen atoms in total. The van der Waals surface area contributed by atoms with E-state index in [9.17, 15) is 0 Å². The lowest BCUT2D eigenvalue weighted by Gasteiger charge is -2.05. The van der Waals surface area contributed by atoms with E-state index < -0.39 is 0 Å². The summed E-state index contributed by atoms with van der Waals surface area (Å²) >= 11 is 0. The molecule has 0 atom stereocenters. The zero-order valence-corrected chi connectivity index (χ0v) is 10.6. The minimum absolute atomic E-state index is 0.0588. The summed E-state index contributed by atoms with van der Waals surface area (Å²) in [6.07, 6.45) is 1.39. The van der Waals surface area contributed by atoms with Gasteiger partial charge in [0.05, 0.1) is 12.1 Å². The van der Waals surface area contributed by atoms with Crippen molar-refractivity contribution in [1.82, 2.24) is 20.2 Å². The van der Waals surface area contributed by atoms with Gasteiger partial charge in [-0.25, -0.2) is 9.97 Å². The van der Waals surface area contributed by atoms with Crippen molar-refractivity contribution < 1.29 is 9.84 Å². The first-order valence-corrected chi connectivity index (χ1v) is 6.12. The number of aliphatic hydroxyl groups excluding tert-OH is 1. The van der Waals surface area contributed by atoms with Crippen LogP contribution in [-0.2, 0) is 0 Å². The Kier molecular flexibility index (Phi) is 3.42. The van der Waals surface area contributed by atoms with Crippen LogP contribution in [0.2, 0.25) is 0 Å². The van der Waals surface area contributed by atoms with E-state index in [0.717, 1.165) is 10.9 Å². The van der Waals surface area contributed by atoms with E-state index in [1.165, 1.54) is 6.33 Å². The molecule has 0 radical (unpaired) electrons. The van der Waals surface area contributed by atoms with Gasteiger partial charge in [-0.05, 0) is 12.1 Å². The summed E-state index contributed by atoms with van der Waals surface area (Å²) in [5.41, 5.74) is 0.945. The number of H-pyrrole nitrogens is 1. The second-order valence-corrected chi connectivity index (χ2v) is 4.06. The maximum absolute atomic E-state index is 8.72. The Morgan fingerprint density at radius 1 is 1.25 bits per heavy atom. The molecule has 0 unspecified atom stereocenters. The molecule has 2 aromatic heterocycles. The maximum atomic E-state index is 8.72. The average Bonchev–Trinajstić information content (AvgIpc) is 2.89. The first-order chi connectivity index (χ1) is 9.86. The van der Waals surface area contributed by atoms with Crippen LogP contribution in [0.1, 0.15) is 0 Å². The van der Waals surface area contributed by atoms with E-state index in [-0.39, 0.29) is 13.2 Å². The fraction of sp³-hybridized carbons (Fsp3) is 0.154. The third-order valence-corrected chi connectivity index (χ3v) is 2.70. The van der Waals surface area contributed by atoms with Crippen LogP contribution in [-0.4, -0.2) is 38.5 Å². The van der Waals surface area contributed by atoms with Crippen molar-refractivity contribution in [3.05, 3.63) is 36.7 Å². The van der Waals surface area contributed by atoms with Crippen LogP contribution in [0.25, 0.3) is 10.9 Å². The second kappa shape index (κ2) is 5.54. The Balaban J connectivity index is 1.83. The molecule has 0 fully saturated rings. The Morgan fingerprint density at radius 2 is 2.15 bits per heavy atom. The number of hydrogen-bond donors (Lipinski definition) is 3. The molecule has 7 heteroatoms. The maximum Gasteiger partial charge on any atom is 0.218 e. The number of para-hydroxylation sites is 1. The SMILES string of the molecule is OCCOc1cc(Nc2n[nH]c3ccccc23)ncn1. The Bertz CT molecular complexity index is 713. The second-order valence-electron chi connectivity index (χ2n) is 4.06. The summed E-state index contributed by atoms with van der Waals surface area (Å²) in [7, 11) is 0. The van der Waals surface area contributed by atoms with Gasteiger partial charge in [0, 0.05) is 11.5 Å². The van der Waals surface area contributed by atoms with E-state index in [4.69, 9.17) is 9.84 Å². The third-order valence-electron chi connectivity index (χ3n) is 2.70. The number of aromatic nitrogens is 4. The van der Waals surface area contributed by atoms with Crippen molar-refractivity contribution >= 4 is 22.5 Å². The number of aliphatic hydroxyl groups is 1. The van der Waals surface area contributed by atoms with E-state index in [2.05, 4.69) is 25.5 Å². The molecular formula is C13H13N5O2. The number of nitrogens with zero attached hydrogens (tertiary/aromatic N) is 3. The van der Waals surface area contributed by atoms with Crippen molar-refractivity contribution in [1.29, 1.82) is 0 Å². The van der Waals surface area contributed by atoms with Crippen molar-refractivity contribution in [3.63, 3.8) is 0 Å². The van der Waals surface area contributed by atoms with Gasteiger partial charge >= 0.3 is 0 Å². The van der Waals surface area contributed by atoms with Crippen LogP contribution >= 0.6 is 0 Å². The van der Waals surface area contributed by atoms with E-state index >= 15 is 0 Å². The smallest absolute Gasteiger partial charge is 0.218 e. The van der Waals surface area contributed by atoms with Gasteiger partial charge < -0.3 is 15.2 Å². The largest absolute Gasteiger partial charge is 0.475 e. The van der Waals surface area contributed by atoms with Gasteiger partial charge in [-0.15, -0.1) is 0 Å². The molecule has 0 bridgehead atoms. The normalized spacial score (nSPS) is 10.7. The van der Waals surface area contributed by atoms with Gasteiger partial charge in [0.1, 0.15) is 18.8 Å². The molecule has 3 rings (SSSR count). The number of aromatic amines is 1. The van der Waals surface area contributed by atoms with Gasteiger partial charge in [0.25, 0.3) is 0 Å². The molecule has 0 amide bonds. The van der Waals surface area contributed by atoms with Crippen molar-refractivity contribution in [3.8, 4) is 5.88 Å². The van der Waals surface area contributed by atoms with Crippen LogP contribution in [0.3, 0.4) is 0 Å². The monoisotopic (exact) mass is 271 g/mol.